The van der Waals surface area contributed by atoms with E-state index in [0.717, 1.165) is 0 Å². The summed E-state index contributed by atoms with van der Waals surface area (Å²) in [4.78, 5) is 12.7. The molecule has 2 N–H and O–H groups in total. The van der Waals surface area contributed by atoms with Crippen molar-refractivity contribution in [3.8, 4) is 28.6 Å². The standard InChI is InChI=1S/C18H17NO5/c1-21-14-6-4-10(8-15(14)22-2)17-18(23-3)16(20)12-9-11(19)5-7-13(12)24-17/h4-9H,19H2,1-3H3. The van der Waals surface area contributed by atoms with Gasteiger partial charge in [-0.3, -0.25) is 4.79 Å². The molecule has 3 aromatic rings. The molecule has 0 amide bonds. The minimum Gasteiger partial charge on any atom is -0.493 e. The molecule has 0 unspecified atom stereocenters. The van der Waals surface area contributed by atoms with Gasteiger partial charge in [-0.05, 0) is 36.4 Å². The normalized spacial score (nSPS) is 10.6. The van der Waals surface area contributed by atoms with E-state index in [1.165, 1.54) is 14.2 Å². The van der Waals surface area contributed by atoms with Gasteiger partial charge < -0.3 is 24.4 Å². The maximum atomic E-state index is 12.7. The number of fused-ring (bicyclic) bond motifs is 1. The van der Waals surface area contributed by atoms with Gasteiger partial charge in [0.25, 0.3) is 0 Å². The molecule has 0 atom stereocenters. The van der Waals surface area contributed by atoms with Crippen molar-refractivity contribution in [2.75, 3.05) is 27.1 Å². The molecule has 6 heteroatoms. The molecule has 0 bridgehead atoms. The van der Waals surface area contributed by atoms with Gasteiger partial charge in [-0.2, -0.15) is 0 Å². The minimum atomic E-state index is -0.282. The van der Waals surface area contributed by atoms with Crippen LogP contribution in [-0.4, -0.2) is 21.3 Å². The topological polar surface area (TPSA) is 83.9 Å². The molecular formula is C18H17NO5. The highest BCUT2D eigenvalue weighted by molar-refractivity contribution is 5.84. The first-order chi connectivity index (χ1) is 11.6. The number of hydrogen-bond acceptors (Lipinski definition) is 6. The summed E-state index contributed by atoms with van der Waals surface area (Å²) in [5.74, 6) is 1.54. The molecular weight excluding hydrogens is 310 g/mol. The van der Waals surface area contributed by atoms with Gasteiger partial charge in [-0.15, -0.1) is 0 Å². The van der Waals surface area contributed by atoms with Crippen molar-refractivity contribution in [2.45, 2.75) is 0 Å². The Morgan fingerprint density at radius 1 is 0.917 bits per heavy atom. The van der Waals surface area contributed by atoms with Crippen LogP contribution in [0.1, 0.15) is 0 Å². The van der Waals surface area contributed by atoms with Crippen molar-refractivity contribution in [3.63, 3.8) is 0 Å². The molecule has 1 aromatic heterocycles. The van der Waals surface area contributed by atoms with E-state index >= 15 is 0 Å². The molecule has 6 nitrogen and oxygen atoms in total. The largest absolute Gasteiger partial charge is 0.493 e. The molecule has 0 aliphatic heterocycles. The monoisotopic (exact) mass is 327 g/mol. The SMILES string of the molecule is COc1ccc(-c2oc3ccc(N)cc3c(=O)c2OC)cc1OC. The Bertz CT molecular complexity index is 962. The van der Waals surface area contributed by atoms with Crippen molar-refractivity contribution < 1.29 is 18.6 Å². The molecule has 2 aromatic carbocycles. The third kappa shape index (κ3) is 2.52. The summed E-state index contributed by atoms with van der Waals surface area (Å²) in [5, 5.41) is 0.371. The van der Waals surface area contributed by atoms with E-state index in [9.17, 15) is 4.79 Å². The Kier molecular flexibility index (Phi) is 4.04. The van der Waals surface area contributed by atoms with E-state index in [-0.39, 0.29) is 11.2 Å². The lowest BCUT2D eigenvalue weighted by Gasteiger charge is -2.12. The van der Waals surface area contributed by atoms with Crippen molar-refractivity contribution in [1.82, 2.24) is 0 Å². The van der Waals surface area contributed by atoms with Gasteiger partial charge >= 0.3 is 0 Å². The van der Waals surface area contributed by atoms with Crippen LogP contribution in [0.2, 0.25) is 0 Å². The maximum absolute atomic E-state index is 12.7. The second-order valence-electron chi connectivity index (χ2n) is 5.12. The van der Waals surface area contributed by atoms with Crippen molar-refractivity contribution in [2.24, 2.45) is 0 Å². The second-order valence-corrected chi connectivity index (χ2v) is 5.12. The van der Waals surface area contributed by atoms with E-state index < -0.39 is 0 Å². The van der Waals surface area contributed by atoms with Gasteiger partial charge in [-0.1, -0.05) is 0 Å². The molecule has 3 rings (SSSR count). The summed E-state index contributed by atoms with van der Waals surface area (Å²) in [7, 11) is 4.52. The maximum Gasteiger partial charge on any atom is 0.235 e. The molecule has 124 valence electrons. The smallest absolute Gasteiger partial charge is 0.235 e. The first kappa shape index (κ1) is 15.7. The Balaban J connectivity index is 2.30. The Hall–Kier alpha value is -3.15. The van der Waals surface area contributed by atoms with Crippen molar-refractivity contribution in [3.05, 3.63) is 46.6 Å². The van der Waals surface area contributed by atoms with Gasteiger partial charge in [0.2, 0.25) is 11.2 Å². The van der Waals surface area contributed by atoms with E-state index in [0.29, 0.717) is 39.5 Å². The van der Waals surface area contributed by atoms with Gasteiger partial charge in [-0.25, -0.2) is 0 Å². The predicted molar refractivity (Wildman–Crippen MR) is 92.0 cm³/mol. The number of rotatable bonds is 4. The van der Waals surface area contributed by atoms with Crippen LogP contribution >= 0.6 is 0 Å². The Morgan fingerprint density at radius 3 is 2.33 bits per heavy atom. The van der Waals surface area contributed by atoms with Crippen LogP contribution in [0.25, 0.3) is 22.3 Å². The fraction of sp³-hybridized carbons (Fsp3) is 0.167. The molecule has 1 heterocycles. The summed E-state index contributed by atoms with van der Waals surface area (Å²) in [5.41, 5.74) is 7.02. The number of anilines is 1. The number of methoxy groups -OCH3 is 3. The zero-order valence-corrected chi connectivity index (χ0v) is 13.6. The molecule has 24 heavy (non-hydrogen) atoms. The molecule has 0 fully saturated rings. The fourth-order valence-electron chi connectivity index (χ4n) is 2.55. The van der Waals surface area contributed by atoms with Gasteiger partial charge in [0.1, 0.15) is 5.58 Å². The van der Waals surface area contributed by atoms with Crippen molar-refractivity contribution in [1.29, 1.82) is 0 Å². The number of nitrogens with two attached hydrogens (primary N) is 1. The van der Waals surface area contributed by atoms with E-state index in [2.05, 4.69) is 0 Å². The average molecular weight is 327 g/mol. The summed E-state index contributed by atoms with van der Waals surface area (Å²) in [6.45, 7) is 0. The number of ether oxygens (including phenoxy) is 3. The Morgan fingerprint density at radius 2 is 1.67 bits per heavy atom. The summed E-state index contributed by atoms with van der Waals surface area (Å²) < 4.78 is 21.7. The molecule has 0 aliphatic rings. The average Bonchev–Trinajstić information content (AvgIpc) is 2.61. The lowest BCUT2D eigenvalue weighted by Crippen LogP contribution is -2.08. The highest BCUT2D eigenvalue weighted by Crippen LogP contribution is 2.36. The van der Waals surface area contributed by atoms with Crippen LogP contribution in [0, 0.1) is 0 Å². The molecule has 0 radical (unpaired) electrons. The van der Waals surface area contributed by atoms with Crippen LogP contribution in [0.5, 0.6) is 17.2 Å². The highest BCUT2D eigenvalue weighted by Gasteiger charge is 2.18. The van der Waals surface area contributed by atoms with Crippen LogP contribution in [-0.2, 0) is 0 Å². The fourth-order valence-corrected chi connectivity index (χ4v) is 2.55. The number of benzene rings is 2. The minimum absolute atomic E-state index is 0.111. The second kappa shape index (κ2) is 6.16. The van der Waals surface area contributed by atoms with E-state index in [1.54, 1.807) is 43.5 Å². The molecule has 0 spiro atoms. The quantitative estimate of drug-likeness (QED) is 0.741. The number of nitrogen functional groups attached to an aromatic ring is 1. The van der Waals surface area contributed by atoms with E-state index in [4.69, 9.17) is 24.4 Å². The molecule has 0 saturated carbocycles. The predicted octanol–water partition coefficient (Wildman–Crippen LogP) is 3.07. The third-order valence-electron chi connectivity index (χ3n) is 3.72. The van der Waals surface area contributed by atoms with Crippen LogP contribution in [0.3, 0.4) is 0 Å². The highest BCUT2D eigenvalue weighted by atomic mass is 16.5. The zero-order valence-electron chi connectivity index (χ0n) is 13.6. The lowest BCUT2D eigenvalue weighted by atomic mass is 10.1. The summed E-state index contributed by atoms with van der Waals surface area (Å²) >= 11 is 0. The first-order valence-electron chi connectivity index (χ1n) is 7.21. The van der Waals surface area contributed by atoms with Crippen LogP contribution < -0.4 is 25.4 Å². The van der Waals surface area contributed by atoms with Gasteiger partial charge in [0.05, 0.1) is 26.7 Å². The number of hydrogen-bond donors (Lipinski definition) is 1. The van der Waals surface area contributed by atoms with Crippen molar-refractivity contribution >= 4 is 16.7 Å². The lowest BCUT2D eigenvalue weighted by molar-refractivity contribution is 0.355. The summed E-state index contributed by atoms with van der Waals surface area (Å²) in [6.07, 6.45) is 0. The third-order valence-corrected chi connectivity index (χ3v) is 3.72. The molecule has 0 saturated heterocycles. The van der Waals surface area contributed by atoms with E-state index in [1.807, 2.05) is 0 Å². The van der Waals surface area contributed by atoms with Gasteiger partial charge in [0.15, 0.2) is 17.3 Å². The summed E-state index contributed by atoms with van der Waals surface area (Å²) in [6, 6.07) is 10.1. The van der Waals surface area contributed by atoms with Crippen LogP contribution in [0.15, 0.2) is 45.6 Å². The first-order valence-corrected chi connectivity index (χ1v) is 7.21. The van der Waals surface area contributed by atoms with Gasteiger partial charge in [0, 0.05) is 11.3 Å². The zero-order chi connectivity index (χ0) is 17.3. The molecule has 0 aliphatic carbocycles. The Labute approximate surface area is 138 Å². The van der Waals surface area contributed by atoms with Crippen LogP contribution in [0.4, 0.5) is 5.69 Å².